The van der Waals surface area contributed by atoms with Crippen molar-refractivity contribution in [3.05, 3.63) is 48.6 Å². The smallest absolute Gasteiger partial charge is 0.220 e. The molecule has 2 saturated heterocycles. The summed E-state index contributed by atoms with van der Waals surface area (Å²) in [5.74, 6) is -0.262. The largest absolute Gasteiger partial charge is 0.394 e. The maximum absolute atomic E-state index is 13.2. The first-order chi connectivity index (χ1) is 34.6. The molecule has 2 aliphatic heterocycles. The number of allylic oxidation sites excluding steroid dienone is 7. The summed E-state index contributed by atoms with van der Waals surface area (Å²) in [6, 6.07) is -0.942. The van der Waals surface area contributed by atoms with Gasteiger partial charge in [-0.3, -0.25) is 4.79 Å². The molecule has 0 aromatic heterocycles. The second-order valence-corrected chi connectivity index (χ2v) is 20.0. The highest BCUT2D eigenvalue weighted by molar-refractivity contribution is 5.76. The minimum absolute atomic E-state index is 0.259. The van der Waals surface area contributed by atoms with Crippen molar-refractivity contribution in [3.63, 3.8) is 0 Å². The molecule has 12 unspecified atom stereocenters. The summed E-state index contributed by atoms with van der Waals surface area (Å²) in [4.78, 5) is 13.2. The van der Waals surface area contributed by atoms with Gasteiger partial charge >= 0.3 is 0 Å². The van der Waals surface area contributed by atoms with E-state index in [0.29, 0.717) is 12.8 Å². The van der Waals surface area contributed by atoms with Gasteiger partial charge in [-0.15, -0.1) is 0 Å². The number of hydrogen-bond donors (Lipinski definition) is 9. The standard InChI is InChI=1S/C57H103NO13/c1-3-5-7-9-11-13-15-17-19-21-22-23-24-25-26-28-30-32-34-36-38-40-46(61)45(58-49(62)41-39-37-35-33-31-29-27-20-18-16-14-12-10-8-6-4-2)44-68-56-54(67)52(65)55(48(43-60)70-56)71-57-53(66)51(64)50(63)47(42-59)69-57/h20,24-25,27,30,32,38,40,45-48,50-57,59-61,63-67H,3-19,21-23,26,28-29,31,33-37,39,41-44H2,1-2H3,(H,58,62)/b25-24+,27-20-,32-30+,40-38+. The average molecular weight is 1010 g/mol. The van der Waals surface area contributed by atoms with Crippen LogP contribution in [-0.2, 0) is 23.7 Å². The van der Waals surface area contributed by atoms with Crippen LogP contribution in [0.25, 0.3) is 0 Å². The number of unbranched alkanes of at least 4 members (excludes halogenated alkanes) is 25. The van der Waals surface area contributed by atoms with Crippen LogP contribution in [0, 0.1) is 0 Å². The van der Waals surface area contributed by atoms with Crippen LogP contribution in [-0.4, -0.2) is 140 Å². The topological polar surface area (TPSA) is 228 Å². The Morgan fingerprint density at radius 3 is 1.38 bits per heavy atom. The number of aliphatic hydroxyl groups excluding tert-OH is 8. The predicted octanol–water partition coefficient (Wildman–Crippen LogP) is 8.83. The van der Waals surface area contributed by atoms with Crippen molar-refractivity contribution in [2.24, 2.45) is 0 Å². The lowest BCUT2D eigenvalue weighted by Crippen LogP contribution is -2.65. The Labute approximate surface area is 429 Å². The summed E-state index contributed by atoms with van der Waals surface area (Å²) < 4.78 is 22.7. The van der Waals surface area contributed by atoms with Gasteiger partial charge in [-0.25, -0.2) is 0 Å². The molecule has 2 rings (SSSR count). The van der Waals surface area contributed by atoms with Gasteiger partial charge in [0.1, 0.15) is 48.8 Å². The minimum atomic E-state index is -1.79. The van der Waals surface area contributed by atoms with Gasteiger partial charge in [-0.2, -0.15) is 0 Å². The van der Waals surface area contributed by atoms with Gasteiger partial charge in [0.2, 0.25) is 5.91 Å². The van der Waals surface area contributed by atoms with Crippen molar-refractivity contribution >= 4 is 5.91 Å². The molecule has 2 aliphatic rings. The Hall–Kier alpha value is -2.05. The summed E-state index contributed by atoms with van der Waals surface area (Å²) in [6.45, 7) is 2.76. The molecule has 0 saturated carbocycles. The van der Waals surface area contributed by atoms with Crippen molar-refractivity contribution in [3.8, 4) is 0 Å². The van der Waals surface area contributed by atoms with Gasteiger partial charge in [-0.05, 0) is 70.6 Å². The molecular weight excluding hydrogens is 907 g/mol. The Morgan fingerprint density at radius 1 is 0.493 bits per heavy atom. The Kier molecular flexibility index (Phi) is 39.6. The van der Waals surface area contributed by atoms with Gasteiger partial charge in [0.25, 0.3) is 0 Å². The van der Waals surface area contributed by atoms with E-state index < -0.39 is 86.8 Å². The van der Waals surface area contributed by atoms with Gasteiger partial charge < -0.3 is 65.1 Å². The van der Waals surface area contributed by atoms with E-state index in [1.165, 1.54) is 116 Å². The van der Waals surface area contributed by atoms with Crippen molar-refractivity contribution in [1.82, 2.24) is 5.32 Å². The van der Waals surface area contributed by atoms with Crippen molar-refractivity contribution in [2.45, 2.75) is 286 Å². The van der Waals surface area contributed by atoms with Crippen LogP contribution in [0.15, 0.2) is 48.6 Å². The highest BCUT2D eigenvalue weighted by Crippen LogP contribution is 2.30. The number of carbonyl (C=O) groups is 1. The van der Waals surface area contributed by atoms with E-state index in [-0.39, 0.29) is 18.9 Å². The van der Waals surface area contributed by atoms with E-state index in [1.807, 2.05) is 6.08 Å². The van der Waals surface area contributed by atoms with Crippen LogP contribution in [0.3, 0.4) is 0 Å². The zero-order valence-electron chi connectivity index (χ0n) is 44.2. The third kappa shape index (κ3) is 29.6. The molecule has 0 aromatic carbocycles. The third-order valence-electron chi connectivity index (χ3n) is 13.7. The number of carbonyl (C=O) groups excluding carboxylic acids is 1. The van der Waals surface area contributed by atoms with Gasteiger partial charge in [-0.1, -0.05) is 184 Å². The molecule has 12 atom stereocenters. The van der Waals surface area contributed by atoms with Crippen LogP contribution >= 0.6 is 0 Å². The summed E-state index contributed by atoms with van der Waals surface area (Å²) in [5.41, 5.74) is 0. The van der Waals surface area contributed by atoms with Gasteiger partial charge in [0.05, 0.1) is 32.0 Å². The van der Waals surface area contributed by atoms with Crippen LogP contribution in [0.1, 0.15) is 213 Å². The summed E-state index contributed by atoms with van der Waals surface area (Å²) in [5, 5.41) is 86.9. The minimum Gasteiger partial charge on any atom is -0.394 e. The normalized spacial score (nSPS) is 26.1. The highest BCUT2D eigenvalue weighted by Gasteiger charge is 2.51. The van der Waals surface area contributed by atoms with Crippen LogP contribution < -0.4 is 5.32 Å². The SMILES string of the molecule is CCCCCCCCC/C=C\CCCCCCCC(=O)NC(COC1OC(CO)C(OC2OC(CO)C(O)C(O)C2O)C(O)C1O)C(O)/C=C/CC/C=C/CC/C=C/CCCCCCCCCCCCC. The Balaban J connectivity index is 1.83. The zero-order valence-corrected chi connectivity index (χ0v) is 44.2. The van der Waals surface area contributed by atoms with Gasteiger partial charge in [0, 0.05) is 6.42 Å². The van der Waals surface area contributed by atoms with Crippen molar-refractivity contribution in [1.29, 1.82) is 0 Å². The van der Waals surface area contributed by atoms with E-state index in [9.17, 15) is 45.6 Å². The molecule has 0 radical (unpaired) electrons. The first-order valence-corrected chi connectivity index (χ1v) is 28.4. The lowest BCUT2D eigenvalue weighted by molar-refractivity contribution is -0.359. The predicted molar refractivity (Wildman–Crippen MR) is 281 cm³/mol. The highest BCUT2D eigenvalue weighted by atomic mass is 16.7. The van der Waals surface area contributed by atoms with E-state index >= 15 is 0 Å². The lowest BCUT2D eigenvalue weighted by atomic mass is 9.97. The fourth-order valence-corrected chi connectivity index (χ4v) is 9.08. The maximum atomic E-state index is 13.2. The molecular formula is C57H103NO13. The molecule has 0 bridgehead atoms. The van der Waals surface area contributed by atoms with E-state index in [4.69, 9.17) is 18.9 Å². The number of rotatable bonds is 44. The second kappa shape index (κ2) is 43.2. The molecule has 414 valence electrons. The summed E-state index contributed by atoms with van der Waals surface area (Å²) in [7, 11) is 0. The average Bonchev–Trinajstić information content (AvgIpc) is 3.37. The quantitative estimate of drug-likeness (QED) is 0.0206. The van der Waals surface area contributed by atoms with E-state index in [0.717, 1.165) is 64.2 Å². The van der Waals surface area contributed by atoms with Crippen molar-refractivity contribution < 1.29 is 64.6 Å². The number of nitrogens with one attached hydrogen (secondary N) is 1. The molecule has 1 amide bonds. The molecule has 2 heterocycles. The summed E-state index contributed by atoms with van der Waals surface area (Å²) in [6.07, 6.45) is 35.8. The molecule has 0 aliphatic carbocycles. The Bertz CT molecular complexity index is 1380. The first-order valence-electron chi connectivity index (χ1n) is 28.4. The van der Waals surface area contributed by atoms with Crippen LogP contribution in [0.2, 0.25) is 0 Å². The first kappa shape index (κ1) is 65.1. The number of aliphatic hydroxyl groups is 8. The number of amides is 1. The molecule has 9 N–H and O–H groups in total. The maximum Gasteiger partial charge on any atom is 0.220 e. The fourth-order valence-electron chi connectivity index (χ4n) is 9.08. The molecule has 14 nitrogen and oxygen atoms in total. The van der Waals surface area contributed by atoms with E-state index in [2.05, 4.69) is 55.6 Å². The third-order valence-corrected chi connectivity index (χ3v) is 13.7. The number of ether oxygens (including phenoxy) is 4. The lowest BCUT2D eigenvalue weighted by Gasteiger charge is -2.46. The monoisotopic (exact) mass is 1010 g/mol. The second-order valence-electron chi connectivity index (χ2n) is 20.0. The molecule has 71 heavy (non-hydrogen) atoms. The summed E-state index contributed by atoms with van der Waals surface area (Å²) >= 11 is 0. The van der Waals surface area contributed by atoms with Crippen LogP contribution in [0.4, 0.5) is 0 Å². The molecule has 0 aromatic rings. The fraction of sp³-hybridized carbons (Fsp3) is 0.842. The Morgan fingerprint density at radius 2 is 0.901 bits per heavy atom. The zero-order chi connectivity index (χ0) is 51.7. The van der Waals surface area contributed by atoms with Crippen LogP contribution in [0.5, 0.6) is 0 Å². The van der Waals surface area contributed by atoms with E-state index in [1.54, 1.807) is 6.08 Å². The van der Waals surface area contributed by atoms with Crippen molar-refractivity contribution in [2.75, 3.05) is 19.8 Å². The van der Waals surface area contributed by atoms with Gasteiger partial charge in [0.15, 0.2) is 12.6 Å². The molecule has 14 heteroatoms. The number of hydrogen-bond acceptors (Lipinski definition) is 13. The molecule has 2 fully saturated rings. The molecule has 0 spiro atoms.